The molecule has 1 N–H and O–H groups in total. The summed E-state index contributed by atoms with van der Waals surface area (Å²) in [6.45, 7) is 0.606. The molecule has 0 aromatic heterocycles. The van der Waals surface area contributed by atoms with Crippen LogP contribution < -0.4 is 0 Å². The first kappa shape index (κ1) is 23.1. The van der Waals surface area contributed by atoms with E-state index in [9.17, 15) is 31.1 Å². The van der Waals surface area contributed by atoms with Gasteiger partial charge in [0.1, 0.15) is 0 Å². The van der Waals surface area contributed by atoms with Crippen molar-refractivity contribution in [3.05, 3.63) is 70.8 Å². The fourth-order valence-electron chi connectivity index (χ4n) is 4.03. The molecule has 0 unspecified atom stereocenters. The van der Waals surface area contributed by atoms with Crippen LogP contribution in [0.25, 0.3) is 0 Å². The number of carboxylic acid groups (broad SMARTS) is 1. The molecule has 3 rings (SSSR count). The topological polar surface area (TPSA) is 40.5 Å². The van der Waals surface area contributed by atoms with E-state index in [0.717, 1.165) is 24.3 Å². The van der Waals surface area contributed by atoms with Crippen molar-refractivity contribution in [2.45, 2.75) is 44.2 Å². The Morgan fingerprint density at radius 1 is 0.968 bits per heavy atom. The molecule has 9 heteroatoms. The molecular formula is C22H21F6NO2. The summed E-state index contributed by atoms with van der Waals surface area (Å²) in [6.07, 6.45) is -8.07. The van der Waals surface area contributed by atoms with Gasteiger partial charge < -0.3 is 5.11 Å². The molecule has 0 amide bonds. The highest BCUT2D eigenvalue weighted by Crippen LogP contribution is 2.38. The highest BCUT2D eigenvalue weighted by atomic mass is 19.4. The Morgan fingerprint density at radius 2 is 1.61 bits per heavy atom. The van der Waals surface area contributed by atoms with Crippen LogP contribution in [0.15, 0.2) is 48.5 Å². The van der Waals surface area contributed by atoms with Crippen molar-refractivity contribution < 1.29 is 36.2 Å². The van der Waals surface area contributed by atoms with Gasteiger partial charge in [0.15, 0.2) is 0 Å². The molecule has 2 aromatic carbocycles. The van der Waals surface area contributed by atoms with E-state index in [1.54, 1.807) is 6.07 Å². The number of piperidine rings is 1. The van der Waals surface area contributed by atoms with Gasteiger partial charge in [-0.05, 0) is 54.6 Å². The first-order valence-corrected chi connectivity index (χ1v) is 9.72. The van der Waals surface area contributed by atoms with Crippen molar-refractivity contribution >= 4 is 5.97 Å². The number of benzene rings is 2. The molecular weight excluding hydrogens is 424 g/mol. The first-order valence-electron chi connectivity index (χ1n) is 9.72. The minimum atomic E-state index is -4.48. The first-order chi connectivity index (χ1) is 14.4. The molecule has 2 aromatic rings. The Labute approximate surface area is 175 Å². The van der Waals surface area contributed by atoms with E-state index in [1.807, 2.05) is 4.90 Å². The second-order valence-corrected chi connectivity index (χ2v) is 7.79. The number of hydrogen-bond donors (Lipinski definition) is 1. The van der Waals surface area contributed by atoms with Crippen LogP contribution in [-0.2, 0) is 23.7 Å². The zero-order valence-electron chi connectivity index (χ0n) is 16.4. The average Bonchev–Trinajstić information content (AvgIpc) is 2.68. The normalized spacial score (nSPS) is 20.6. The second kappa shape index (κ2) is 8.90. The van der Waals surface area contributed by atoms with Crippen molar-refractivity contribution in [2.75, 3.05) is 6.54 Å². The Hall–Kier alpha value is -2.55. The standard InChI is InChI=1S/C22H21F6NO2/c23-21(24,25)17-6-4-16(5-7-17)19-11-14(12-20(30)31)8-9-29(19)13-15-2-1-3-18(10-15)22(26,27)28/h1-7,10,14,19H,8-9,11-13H2,(H,30,31)/t14-,19+/m1/s1. The lowest BCUT2D eigenvalue weighted by atomic mass is 9.84. The molecule has 2 atom stereocenters. The molecule has 1 heterocycles. The molecule has 1 fully saturated rings. The number of rotatable bonds is 5. The van der Waals surface area contributed by atoms with Gasteiger partial charge in [-0.25, -0.2) is 0 Å². The van der Waals surface area contributed by atoms with Crippen LogP contribution in [0, 0.1) is 5.92 Å². The van der Waals surface area contributed by atoms with Gasteiger partial charge in [0.05, 0.1) is 11.1 Å². The third kappa shape index (κ3) is 6.00. The summed E-state index contributed by atoms with van der Waals surface area (Å²) in [7, 11) is 0. The van der Waals surface area contributed by atoms with E-state index in [2.05, 4.69) is 0 Å². The molecule has 31 heavy (non-hydrogen) atoms. The van der Waals surface area contributed by atoms with E-state index < -0.39 is 35.5 Å². The summed E-state index contributed by atoms with van der Waals surface area (Å²) >= 11 is 0. The minimum absolute atomic E-state index is 0.0610. The Balaban J connectivity index is 1.86. The number of carbonyl (C=O) groups is 1. The maximum absolute atomic E-state index is 13.0. The predicted octanol–water partition coefficient (Wildman–Crippen LogP) is 6.15. The lowest BCUT2D eigenvalue weighted by Gasteiger charge is -2.39. The minimum Gasteiger partial charge on any atom is -0.481 e. The van der Waals surface area contributed by atoms with Gasteiger partial charge in [-0.15, -0.1) is 0 Å². The fourth-order valence-corrected chi connectivity index (χ4v) is 4.03. The molecule has 0 saturated carbocycles. The fraction of sp³-hybridized carbons (Fsp3) is 0.409. The number of alkyl halides is 6. The molecule has 168 valence electrons. The van der Waals surface area contributed by atoms with E-state index >= 15 is 0 Å². The van der Waals surface area contributed by atoms with Crippen molar-refractivity contribution in [1.29, 1.82) is 0 Å². The number of halogens is 6. The van der Waals surface area contributed by atoms with Crippen LogP contribution in [0.1, 0.15) is 47.6 Å². The number of nitrogens with zero attached hydrogens (tertiary/aromatic N) is 1. The molecule has 0 spiro atoms. The Bertz CT molecular complexity index is 907. The largest absolute Gasteiger partial charge is 0.481 e. The van der Waals surface area contributed by atoms with E-state index in [1.165, 1.54) is 18.2 Å². The quantitative estimate of drug-likeness (QED) is 0.561. The van der Waals surface area contributed by atoms with Crippen LogP contribution in [0.2, 0.25) is 0 Å². The van der Waals surface area contributed by atoms with Crippen molar-refractivity contribution in [3.63, 3.8) is 0 Å². The second-order valence-electron chi connectivity index (χ2n) is 7.79. The lowest BCUT2D eigenvalue weighted by molar-refractivity contribution is -0.139. The highest BCUT2D eigenvalue weighted by molar-refractivity contribution is 5.67. The van der Waals surface area contributed by atoms with Gasteiger partial charge >= 0.3 is 18.3 Å². The summed E-state index contributed by atoms with van der Waals surface area (Å²) in [5.74, 6) is -1.12. The summed E-state index contributed by atoms with van der Waals surface area (Å²) in [5, 5.41) is 9.11. The summed E-state index contributed by atoms with van der Waals surface area (Å²) in [6, 6.07) is 9.20. The van der Waals surface area contributed by atoms with Crippen LogP contribution in [-0.4, -0.2) is 22.5 Å². The molecule has 1 aliphatic rings. The molecule has 0 bridgehead atoms. The van der Waals surface area contributed by atoms with E-state index in [-0.39, 0.29) is 18.9 Å². The molecule has 0 radical (unpaired) electrons. The van der Waals surface area contributed by atoms with Gasteiger partial charge in [-0.3, -0.25) is 9.69 Å². The maximum atomic E-state index is 13.0. The highest BCUT2D eigenvalue weighted by Gasteiger charge is 2.34. The third-order valence-corrected chi connectivity index (χ3v) is 5.55. The Morgan fingerprint density at radius 3 is 2.19 bits per heavy atom. The third-order valence-electron chi connectivity index (χ3n) is 5.55. The molecule has 1 saturated heterocycles. The van der Waals surface area contributed by atoms with Gasteiger partial charge in [0.2, 0.25) is 0 Å². The number of hydrogen-bond acceptors (Lipinski definition) is 2. The van der Waals surface area contributed by atoms with Gasteiger partial charge in [0, 0.05) is 19.0 Å². The zero-order valence-corrected chi connectivity index (χ0v) is 16.4. The van der Waals surface area contributed by atoms with Crippen LogP contribution in [0.4, 0.5) is 26.3 Å². The Kier molecular flexibility index (Phi) is 6.64. The van der Waals surface area contributed by atoms with Gasteiger partial charge in [0.25, 0.3) is 0 Å². The van der Waals surface area contributed by atoms with Crippen molar-refractivity contribution in [3.8, 4) is 0 Å². The smallest absolute Gasteiger partial charge is 0.416 e. The van der Waals surface area contributed by atoms with E-state index in [0.29, 0.717) is 30.5 Å². The van der Waals surface area contributed by atoms with Gasteiger partial charge in [-0.2, -0.15) is 26.3 Å². The maximum Gasteiger partial charge on any atom is 0.416 e. The number of likely N-dealkylation sites (tertiary alicyclic amines) is 1. The van der Waals surface area contributed by atoms with Crippen LogP contribution in [0.3, 0.4) is 0 Å². The summed E-state index contributed by atoms with van der Waals surface area (Å²) < 4.78 is 77.8. The number of carboxylic acids is 1. The SMILES string of the molecule is O=C(O)C[C@@H]1CCN(Cc2cccc(C(F)(F)F)c2)[C@H](c2ccc(C(F)(F)F)cc2)C1. The summed E-state index contributed by atoms with van der Waals surface area (Å²) in [5.41, 5.74) is -0.547. The molecule has 0 aliphatic carbocycles. The number of aliphatic carboxylic acids is 1. The van der Waals surface area contributed by atoms with Crippen LogP contribution in [0.5, 0.6) is 0 Å². The van der Waals surface area contributed by atoms with Crippen LogP contribution >= 0.6 is 0 Å². The van der Waals surface area contributed by atoms with E-state index in [4.69, 9.17) is 5.11 Å². The zero-order chi connectivity index (χ0) is 22.8. The summed E-state index contributed by atoms with van der Waals surface area (Å²) in [4.78, 5) is 13.0. The van der Waals surface area contributed by atoms with Crippen molar-refractivity contribution in [1.82, 2.24) is 4.90 Å². The van der Waals surface area contributed by atoms with Crippen molar-refractivity contribution in [2.24, 2.45) is 5.92 Å². The molecule has 3 nitrogen and oxygen atoms in total. The predicted molar refractivity (Wildman–Crippen MR) is 101 cm³/mol. The average molecular weight is 445 g/mol. The van der Waals surface area contributed by atoms with Gasteiger partial charge in [-0.1, -0.05) is 30.3 Å². The monoisotopic (exact) mass is 445 g/mol. The lowest BCUT2D eigenvalue weighted by Crippen LogP contribution is -2.37. The molecule has 1 aliphatic heterocycles.